The second-order valence-corrected chi connectivity index (χ2v) is 3.42. The molecule has 0 radical (unpaired) electrons. The molecule has 0 unspecified atom stereocenters. The Morgan fingerprint density at radius 1 is 0.733 bits per heavy atom. The summed E-state index contributed by atoms with van der Waals surface area (Å²) in [6, 6.07) is 22.1. The Morgan fingerprint density at radius 3 is 2.27 bits per heavy atom. The fraction of sp³-hybridized carbons (Fsp3) is 0. The van der Waals surface area contributed by atoms with Crippen molar-refractivity contribution >= 4 is 21.5 Å². The maximum absolute atomic E-state index is 3.29. The van der Waals surface area contributed by atoms with E-state index < -0.39 is 0 Å². The normalized spacial score (nSPS) is 10.1. The van der Waals surface area contributed by atoms with Gasteiger partial charge in [-0.15, -0.1) is 35.0 Å². The molecule has 3 aromatic rings. The number of rotatable bonds is 0. The molecule has 66 valence electrons. The molecular formula is C14H9Li. The van der Waals surface area contributed by atoms with Crippen molar-refractivity contribution in [1.29, 1.82) is 0 Å². The maximum Gasteiger partial charge on any atom is 1.00 e. The van der Waals surface area contributed by atoms with Crippen LogP contribution in [0, 0.1) is 6.07 Å². The van der Waals surface area contributed by atoms with E-state index in [1.165, 1.54) is 21.5 Å². The van der Waals surface area contributed by atoms with Crippen LogP contribution in [0.5, 0.6) is 0 Å². The van der Waals surface area contributed by atoms with E-state index in [0.29, 0.717) is 0 Å². The van der Waals surface area contributed by atoms with E-state index >= 15 is 0 Å². The van der Waals surface area contributed by atoms with Gasteiger partial charge in [0.25, 0.3) is 0 Å². The monoisotopic (exact) mass is 184 g/mol. The van der Waals surface area contributed by atoms with Crippen LogP contribution in [0.4, 0.5) is 0 Å². The zero-order chi connectivity index (χ0) is 9.38. The van der Waals surface area contributed by atoms with Crippen molar-refractivity contribution in [2.24, 2.45) is 0 Å². The molecule has 3 aromatic carbocycles. The number of fused-ring (bicyclic) bond motifs is 3. The fourth-order valence-corrected chi connectivity index (χ4v) is 1.87. The molecule has 0 fully saturated rings. The van der Waals surface area contributed by atoms with Crippen molar-refractivity contribution in [3.05, 3.63) is 60.7 Å². The minimum absolute atomic E-state index is 0. The largest absolute Gasteiger partial charge is 1.00 e. The SMILES string of the molecule is [Li+].[c-]1cc2ccccc2c2ccccc12. The Bertz CT molecular complexity index is 544. The first-order chi connectivity index (χ1) is 6.95. The summed E-state index contributed by atoms with van der Waals surface area (Å²) in [6.07, 6.45) is 0. The van der Waals surface area contributed by atoms with Gasteiger partial charge in [0.05, 0.1) is 0 Å². The number of hydrogen-bond acceptors (Lipinski definition) is 0. The summed E-state index contributed by atoms with van der Waals surface area (Å²) in [5.41, 5.74) is 0. The van der Waals surface area contributed by atoms with E-state index in [0.717, 1.165) is 0 Å². The zero-order valence-electron chi connectivity index (χ0n) is 8.70. The third-order valence-electron chi connectivity index (χ3n) is 2.56. The Balaban J connectivity index is 0.000000853. The van der Waals surface area contributed by atoms with Gasteiger partial charge in [0, 0.05) is 0 Å². The molecule has 0 spiro atoms. The van der Waals surface area contributed by atoms with Crippen LogP contribution in [0.2, 0.25) is 0 Å². The minimum Gasteiger partial charge on any atom is -0.143 e. The van der Waals surface area contributed by atoms with E-state index in [4.69, 9.17) is 0 Å². The molecule has 0 saturated heterocycles. The predicted molar refractivity (Wildman–Crippen MR) is 60.3 cm³/mol. The van der Waals surface area contributed by atoms with Gasteiger partial charge < -0.3 is 0 Å². The van der Waals surface area contributed by atoms with Gasteiger partial charge >= 0.3 is 18.9 Å². The molecule has 0 aliphatic rings. The van der Waals surface area contributed by atoms with Crippen molar-refractivity contribution in [2.75, 3.05) is 0 Å². The summed E-state index contributed by atoms with van der Waals surface area (Å²) < 4.78 is 0. The number of hydrogen-bond donors (Lipinski definition) is 0. The van der Waals surface area contributed by atoms with E-state index in [1.54, 1.807) is 0 Å². The summed E-state index contributed by atoms with van der Waals surface area (Å²) in [7, 11) is 0. The van der Waals surface area contributed by atoms with E-state index in [2.05, 4.69) is 54.6 Å². The smallest absolute Gasteiger partial charge is 0.143 e. The molecular weight excluding hydrogens is 175 g/mol. The summed E-state index contributed by atoms with van der Waals surface area (Å²) in [5.74, 6) is 0. The molecule has 1 heteroatoms. The Labute approximate surface area is 101 Å². The van der Waals surface area contributed by atoms with Gasteiger partial charge in [-0.25, -0.2) is 0 Å². The Hall–Kier alpha value is -1.22. The molecule has 0 aliphatic carbocycles. The minimum atomic E-state index is 0. The van der Waals surface area contributed by atoms with Crippen molar-refractivity contribution < 1.29 is 18.9 Å². The second-order valence-electron chi connectivity index (χ2n) is 3.42. The van der Waals surface area contributed by atoms with E-state index in [1.807, 2.05) is 6.07 Å². The van der Waals surface area contributed by atoms with Crippen LogP contribution < -0.4 is 18.9 Å². The van der Waals surface area contributed by atoms with Gasteiger partial charge in [-0.2, -0.15) is 0 Å². The average Bonchev–Trinajstić information content (AvgIpc) is 2.29. The van der Waals surface area contributed by atoms with Crippen molar-refractivity contribution in [3.8, 4) is 0 Å². The van der Waals surface area contributed by atoms with Gasteiger partial charge in [-0.3, -0.25) is 0 Å². The topological polar surface area (TPSA) is 0 Å². The number of benzene rings is 3. The predicted octanol–water partition coefficient (Wildman–Crippen LogP) is 0.797. The molecule has 0 aromatic heterocycles. The first-order valence-electron chi connectivity index (χ1n) is 4.73. The first kappa shape index (κ1) is 10.3. The summed E-state index contributed by atoms with van der Waals surface area (Å²) in [5, 5.41) is 5.03. The molecule has 0 heterocycles. The third kappa shape index (κ3) is 1.67. The molecule has 0 amide bonds. The van der Waals surface area contributed by atoms with Crippen LogP contribution >= 0.6 is 0 Å². The van der Waals surface area contributed by atoms with Crippen LogP contribution in [-0.2, 0) is 0 Å². The molecule has 0 nitrogen and oxygen atoms in total. The van der Waals surface area contributed by atoms with Crippen molar-refractivity contribution in [2.45, 2.75) is 0 Å². The first-order valence-corrected chi connectivity index (χ1v) is 4.73. The molecule has 3 rings (SSSR count). The van der Waals surface area contributed by atoms with Crippen LogP contribution in [0.3, 0.4) is 0 Å². The Morgan fingerprint density at radius 2 is 1.40 bits per heavy atom. The standard InChI is InChI=1S/C14H9.Li/c1-3-7-13-11(5-1)9-10-12-6-2-4-8-14(12)13;/h1-9H;/q-1;+1. The van der Waals surface area contributed by atoms with Crippen molar-refractivity contribution in [3.63, 3.8) is 0 Å². The van der Waals surface area contributed by atoms with Crippen molar-refractivity contribution in [1.82, 2.24) is 0 Å². The third-order valence-corrected chi connectivity index (χ3v) is 2.56. The Kier molecular flexibility index (Phi) is 2.82. The van der Waals surface area contributed by atoms with Gasteiger partial charge in [0.15, 0.2) is 0 Å². The zero-order valence-corrected chi connectivity index (χ0v) is 8.70. The average molecular weight is 184 g/mol. The molecule has 0 atom stereocenters. The molecule has 0 bridgehead atoms. The van der Waals surface area contributed by atoms with E-state index in [-0.39, 0.29) is 18.9 Å². The molecule has 0 aliphatic heterocycles. The maximum atomic E-state index is 3.29. The summed E-state index contributed by atoms with van der Waals surface area (Å²) in [6.45, 7) is 0. The van der Waals surface area contributed by atoms with Gasteiger partial charge in [0.2, 0.25) is 0 Å². The van der Waals surface area contributed by atoms with E-state index in [9.17, 15) is 0 Å². The fourth-order valence-electron chi connectivity index (χ4n) is 1.87. The van der Waals surface area contributed by atoms with Gasteiger partial charge in [-0.1, -0.05) is 47.2 Å². The van der Waals surface area contributed by atoms with Gasteiger partial charge in [0.1, 0.15) is 0 Å². The molecule has 0 saturated carbocycles. The van der Waals surface area contributed by atoms with Crippen LogP contribution in [-0.4, -0.2) is 0 Å². The molecule has 15 heavy (non-hydrogen) atoms. The molecule has 0 N–H and O–H groups in total. The van der Waals surface area contributed by atoms with Crippen LogP contribution in [0.25, 0.3) is 21.5 Å². The van der Waals surface area contributed by atoms with Gasteiger partial charge in [-0.05, 0) is 0 Å². The van der Waals surface area contributed by atoms with Crippen LogP contribution in [0.1, 0.15) is 0 Å². The quantitative estimate of drug-likeness (QED) is 0.275. The summed E-state index contributed by atoms with van der Waals surface area (Å²) >= 11 is 0. The summed E-state index contributed by atoms with van der Waals surface area (Å²) in [4.78, 5) is 0. The second kappa shape index (κ2) is 4.11. The van der Waals surface area contributed by atoms with Crippen LogP contribution in [0.15, 0.2) is 54.6 Å².